The van der Waals surface area contributed by atoms with Crippen LogP contribution in [0.4, 0.5) is 5.82 Å². The second-order valence-corrected chi connectivity index (χ2v) is 5.65. The minimum Gasteiger partial charge on any atom is -0.372 e. The van der Waals surface area contributed by atoms with Gasteiger partial charge in [0.1, 0.15) is 5.82 Å². The van der Waals surface area contributed by atoms with Gasteiger partial charge in [0.15, 0.2) is 0 Å². The summed E-state index contributed by atoms with van der Waals surface area (Å²) in [5.74, 6) is 0.605. The average molecular weight is 332 g/mol. The highest BCUT2D eigenvalue weighted by atomic mass is 79.9. The van der Waals surface area contributed by atoms with E-state index >= 15 is 0 Å². The molecule has 1 N–H and O–H groups in total. The van der Waals surface area contributed by atoms with Gasteiger partial charge in [-0.05, 0) is 33.1 Å². The van der Waals surface area contributed by atoms with Crippen LogP contribution in [0, 0.1) is 0 Å². The first-order valence-electron chi connectivity index (χ1n) is 6.38. The molecule has 0 radical (unpaired) electrons. The van der Waals surface area contributed by atoms with Gasteiger partial charge in [-0.3, -0.25) is 4.79 Å². The van der Waals surface area contributed by atoms with Gasteiger partial charge < -0.3 is 10.2 Å². The molecule has 1 amide bonds. The first kappa shape index (κ1) is 13.1. The van der Waals surface area contributed by atoms with E-state index in [-0.39, 0.29) is 5.91 Å². The van der Waals surface area contributed by atoms with Gasteiger partial charge in [-0.15, -0.1) is 0 Å². The summed E-state index contributed by atoms with van der Waals surface area (Å²) in [5, 5.41) is 2.97. The van der Waals surface area contributed by atoms with Gasteiger partial charge in [0.25, 0.3) is 5.91 Å². The number of halogens is 1. The zero-order valence-corrected chi connectivity index (χ0v) is 12.6. The molecule has 0 saturated carbocycles. The number of fused-ring (bicyclic) bond motifs is 1. The molecule has 0 fully saturated rings. The monoisotopic (exact) mass is 331 g/mol. The van der Waals surface area contributed by atoms with Crippen LogP contribution in [0.3, 0.4) is 0 Å². The molecule has 4 nitrogen and oxygen atoms in total. The Morgan fingerprint density at radius 3 is 2.55 bits per heavy atom. The van der Waals surface area contributed by atoms with Gasteiger partial charge in [0.2, 0.25) is 0 Å². The van der Waals surface area contributed by atoms with E-state index in [0.717, 1.165) is 4.47 Å². The van der Waals surface area contributed by atoms with Gasteiger partial charge in [0, 0.05) is 30.8 Å². The lowest BCUT2D eigenvalue weighted by atomic mass is 10.1. The van der Waals surface area contributed by atoms with E-state index in [1.165, 1.54) is 11.1 Å². The molecule has 3 rings (SSSR count). The third-order valence-corrected chi connectivity index (χ3v) is 3.88. The number of rotatable bonds is 2. The summed E-state index contributed by atoms with van der Waals surface area (Å²) < 4.78 is 0.802. The highest BCUT2D eigenvalue weighted by Gasteiger charge is 2.25. The molecule has 20 heavy (non-hydrogen) atoms. The van der Waals surface area contributed by atoms with E-state index in [0.29, 0.717) is 24.5 Å². The zero-order chi connectivity index (χ0) is 14.1. The first-order chi connectivity index (χ1) is 9.69. The number of anilines is 1. The molecular formula is C15H14BrN3O. The third-order valence-electron chi connectivity index (χ3n) is 3.45. The fraction of sp³-hybridized carbons (Fsp3) is 0.200. The molecule has 1 aromatic carbocycles. The van der Waals surface area contributed by atoms with Crippen molar-refractivity contribution in [3.8, 4) is 0 Å². The Kier molecular flexibility index (Phi) is 3.44. The van der Waals surface area contributed by atoms with Gasteiger partial charge >= 0.3 is 0 Å². The van der Waals surface area contributed by atoms with Crippen molar-refractivity contribution in [2.45, 2.75) is 13.1 Å². The van der Waals surface area contributed by atoms with E-state index < -0.39 is 0 Å². The van der Waals surface area contributed by atoms with Gasteiger partial charge in [-0.25, -0.2) is 4.98 Å². The summed E-state index contributed by atoms with van der Waals surface area (Å²) in [6, 6.07) is 9.96. The standard InChI is InChI=1S/C15H14BrN3O/c1-17-14-13(6-12(16)7-18-14)15(20)19-8-10-4-2-3-5-11(10)9-19/h2-7H,8-9H2,1H3,(H,17,18). The first-order valence-corrected chi connectivity index (χ1v) is 7.17. The van der Waals surface area contributed by atoms with E-state index in [4.69, 9.17) is 0 Å². The third kappa shape index (κ3) is 2.29. The Balaban J connectivity index is 1.90. The Morgan fingerprint density at radius 1 is 1.30 bits per heavy atom. The van der Waals surface area contributed by atoms with Crippen LogP contribution in [0.2, 0.25) is 0 Å². The minimum absolute atomic E-state index is 0.000602. The molecule has 0 atom stereocenters. The lowest BCUT2D eigenvalue weighted by Crippen LogP contribution is -2.26. The van der Waals surface area contributed by atoms with E-state index in [1.807, 2.05) is 23.1 Å². The normalized spacial score (nSPS) is 13.2. The molecule has 0 unspecified atom stereocenters. The number of nitrogens with zero attached hydrogens (tertiary/aromatic N) is 2. The second-order valence-electron chi connectivity index (χ2n) is 4.73. The number of pyridine rings is 1. The largest absolute Gasteiger partial charge is 0.372 e. The molecule has 1 aromatic heterocycles. The molecule has 0 bridgehead atoms. The summed E-state index contributed by atoms with van der Waals surface area (Å²) in [4.78, 5) is 18.7. The molecule has 2 aromatic rings. The maximum absolute atomic E-state index is 12.7. The molecular weight excluding hydrogens is 318 g/mol. The predicted octanol–water partition coefficient (Wildman–Crippen LogP) is 3.04. The maximum Gasteiger partial charge on any atom is 0.258 e. The summed E-state index contributed by atoms with van der Waals surface area (Å²) in [7, 11) is 1.77. The number of hydrogen-bond donors (Lipinski definition) is 1. The maximum atomic E-state index is 12.7. The molecule has 0 saturated heterocycles. The van der Waals surface area contributed by atoms with Crippen LogP contribution >= 0.6 is 15.9 Å². The number of carbonyl (C=O) groups is 1. The average Bonchev–Trinajstić information content (AvgIpc) is 2.90. The van der Waals surface area contributed by atoms with Crippen LogP contribution in [0.1, 0.15) is 21.5 Å². The van der Waals surface area contributed by atoms with Crippen molar-refractivity contribution in [2.24, 2.45) is 0 Å². The molecule has 102 valence electrons. The van der Waals surface area contributed by atoms with Crippen LogP contribution in [-0.2, 0) is 13.1 Å². The number of benzene rings is 1. The van der Waals surface area contributed by atoms with Crippen molar-refractivity contribution in [3.05, 3.63) is 57.7 Å². The Bertz CT molecular complexity index is 647. The predicted molar refractivity (Wildman–Crippen MR) is 81.5 cm³/mol. The summed E-state index contributed by atoms with van der Waals surface area (Å²) >= 11 is 3.37. The fourth-order valence-corrected chi connectivity index (χ4v) is 2.78. The van der Waals surface area contributed by atoms with Crippen LogP contribution in [0.25, 0.3) is 0 Å². The topological polar surface area (TPSA) is 45.2 Å². The molecule has 1 aliphatic rings. The molecule has 5 heteroatoms. The quantitative estimate of drug-likeness (QED) is 0.919. The summed E-state index contributed by atoms with van der Waals surface area (Å²) in [6.07, 6.45) is 1.68. The fourth-order valence-electron chi connectivity index (χ4n) is 2.45. The highest BCUT2D eigenvalue weighted by molar-refractivity contribution is 9.10. The van der Waals surface area contributed by atoms with Gasteiger partial charge in [-0.2, -0.15) is 0 Å². The Hall–Kier alpha value is -1.88. The molecule has 0 spiro atoms. The molecule has 2 heterocycles. The summed E-state index contributed by atoms with van der Waals surface area (Å²) in [6.45, 7) is 1.31. The van der Waals surface area contributed by atoms with E-state index in [1.54, 1.807) is 13.2 Å². The molecule has 0 aliphatic carbocycles. The number of aromatic nitrogens is 1. The minimum atomic E-state index is -0.000602. The number of nitrogens with one attached hydrogen (secondary N) is 1. The number of carbonyl (C=O) groups excluding carboxylic acids is 1. The van der Waals surface area contributed by atoms with Crippen molar-refractivity contribution in [3.63, 3.8) is 0 Å². The lowest BCUT2D eigenvalue weighted by molar-refractivity contribution is 0.0752. The highest BCUT2D eigenvalue weighted by Crippen LogP contribution is 2.26. The van der Waals surface area contributed by atoms with E-state index in [2.05, 4.69) is 38.4 Å². The van der Waals surface area contributed by atoms with Crippen LogP contribution in [0.5, 0.6) is 0 Å². The van der Waals surface area contributed by atoms with Crippen molar-refractivity contribution >= 4 is 27.7 Å². The van der Waals surface area contributed by atoms with Crippen molar-refractivity contribution in [1.82, 2.24) is 9.88 Å². The van der Waals surface area contributed by atoms with Crippen LogP contribution < -0.4 is 5.32 Å². The van der Waals surface area contributed by atoms with Crippen molar-refractivity contribution < 1.29 is 4.79 Å². The van der Waals surface area contributed by atoms with Gasteiger partial charge in [0.05, 0.1) is 5.56 Å². The lowest BCUT2D eigenvalue weighted by Gasteiger charge is -2.17. The molecule has 1 aliphatic heterocycles. The second kappa shape index (κ2) is 5.25. The van der Waals surface area contributed by atoms with Crippen molar-refractivity contribution in [2.75, 3.05) is 12.4 Å². The van der Waals surface area contributed by atoms with Crippen LogP contribution in [0.15, 0.2) is 41.0 Å². The SMILES string of the molecule is CNc1ncc(Br)cc1C(=O)N1Cc2ccccc2C1. The Morgan fingerprint density at radius 2 is 1.95 bits per heavy atom. The number of amides is 1. The Labute approximate surface area is 126 Å². The summed E-state index contributed by atoms with van der Waals surface area (Å²) in [5.41, 5.74) is 3.03. The van der Waals surface area contributed by atoms with E-state index in [9.17, 15) is 4.79 Å². The van der Waals surface area contributed by atoms with Gasteiger partial charge in [-0.1, -0.05) is 24.3 Å². The van der Waals surface area contributed by atoms with Crippen LogP contribution in [-0.4, -0.2) is 22.8 Å². The van der Waals surface area contributed by atoms with Crippen molar-refractivity contribution in [1.29, 1.82) is 0 Å². The number of hydrogen-bond acceptors (Lipinski definition) is 3. The smallest absolute Gasteiger partial charge is 0.258 e. The zero-order valence-electron chi connectivity index (χ0n) is 11.1.